The second kappa shape index (κ2) is 10.2. The Balaban J connectivity index is 1.61. The highest BCUT2D eigenvalue weighted by Crippen LogP contribution is 2.35. The topological polar surface area (TPSA) is 52.6 Å². The molecule has 2 aromatic rings. The minimum Gasteiger partial charge on any atom is -0.460 e. The maximum absolute atomic E-state index is 12.7. The van der Waals surface area contributed by atoms with Crippen molar-refractivity contribution >= 4 is 46.3 Å². The third-order valence-electron chi connectivity index (χ3n) is 5.40. The van der Waals surface area contributed by atoms with E-state index in [-0.39, 0.29) is 12.7 Å². The van der Waals surface area contributed by atoms with E-state index in [1.807, 2.05) is 41.1 Å². The molecule has 1 aliphatic rings. The smallest absolute Gasteiger partial charge is 0.344 e. The lowest BCUT2D eigenvalue weighted by molar-refractivity contribution is -0.165. The van der Waals surface area contributed by atoms with Gasteiger partial charge in [-0.25, -0.2) is 9.59 Å². The lowest BCUT2D eigenvalue weighted by atomic mass is 9.75. The van der Waals surface area contributed by atoms with E-state index in [1.54, 1.807) is 11.3 Å². The molecule has 1 fully saturated rings. The van der Waals surface area contributed by atoms with Crippen molar-refractivity contribution in [3.63, 3.8) is 0 Å². The van der Waals surface area contributed by atoms with Crippen LogP contribution in [0.1, 0.15) is 49.8 Å². The molecule has 0 saturated heterocycles. The van der Waals surface area contributed by atoms with Crippen molar-refractivity contribution in [2.45, 2.75) is 46.1 Å². The van der Waals surface area contributed by atoms with Crippen LogP contribution in [0.2, 0.25) is 0 Å². The van der Waals surface area contributed by atoms with Crippen LogP contribution in [-0.4, -0.2) is 24.6 Å². The SMILES string of the molecule is CC1CCC(C(C)C)C(OC(=O)COC(=O)/C(=C\c2cccs2)c2cccs2)C1. The van der Waals surface area contributed by atoms with Gasteiger partial charge in [0.05, 0.1) is 5.57 Å². The van der Waals surface area contributed by atoms with Crippen molar-refractivity contribution in [2.75, 3.05) is 6.61 Å². The molecule has 6 heteroatoms. The maximum Gasteiger partial charge on any atom is 0.344 e. The molecule has 0 bridgehead atoms. The average molecular weight is 433 g/mol. The Morgan fingerprint density at radius 1 is 1.17 bits per heavy atom. The molecule has 0 aromatic carbocycles. The summed E-state index contributed by atoms with van der Waals surface area (Å²) < 4.78 is 11.1. The van der Waals surface area contributed by atoms with Crippen LogP contribution >= 0.6 is 22.7 Å². The summed E-state index contributed by atoms with van der Waals surface area (Å²) in [5.41, 5.74) is 0.460. The summed E-state index contributed by atoms with van der Waals surface area (Å²) in [6, 6.07) is 7.64. The van der Waals surface area contributed by atoms with E-state index < -0.39 is 11.9 Å². The first-order valence-corrected chi connectivity index (χ1v) is 11.9. The first-order valence-electron chi connectivity index (χ1n) is 10.1. The summed E-state index contributed by atoms with van der Waals surface area (Å²) in [6.45, 7) is 6.18. The molecule has 0 amide bonds. The van der Waals surface area contributed by atoms with Gasteiger partial charge in [-0.15, -0.1) is 22.7 Å². The Bertz CT molecular complexity index is 821. The van der Waals surface area contributed by atoms with Gasteiger partial charge in [-0.1, -0.05) is 39.3 Å². The molecule has 156 valence electrons. The second-order valence-electron chi connectivity index (χ2n) is 7.98. The minimum absolute atomic E-state index is 0.0941. The highest BCUT2D eigenvalue weighted by molar-refractivity contribution is 7.12. The zero-order chi connectivity index (χ0) is 20.8. The molecular weight excluding hydrogens is 404 g/mol. The zero-order valence-corrected chi connectivity index (χ0v) is 18.8. The van der Waals surface area contributed by atoms with E-state index in [4.69, 9.17) is 9.47 Å². The van der Waals surface area contributed by atoms with Crippen LogP contribution in [-0.2, 0) is 19.1 Å². The number of carbonyl (C=O) groups is 2. The number of carbonyl (C=O) groups excluding carboxylic acids is 2. The number of esters is 2. The Hall–Kier alpha value is -1.92. The quantitative estimate of drug-likeness (QED) is 0.404. The molecule has 29 heavy (non-hydrogen) atoms. The van der Waals surface area contributed by atoms with Gasteiger partial charge in [0.2, 0.25) is 0 Å². The molecule has 0 radical (unpaired) electrons. The molecule has 2 heterocycles. The zero-order valence-electron chi connectivity index (χ0n) is 17.1. The summed E-state index contributed by atoms with van der Waals surface area (Å²) in [7, 11) is 0. The van der Waals surface area contributed by atoms with Crippen molar-refractivity contribution in [1.29, 1.82) is 0 Å². The number of hydrogen-bond acceptors (Lipinski definition) is 6. The van der Waals surface area contributed by atoms with Gasteiger partial charge in [-0.2, -0.15) is 0 Å². The fourth-order valence-corrected chi connectivity index (χ4v) is 5.22. The molecule has 0 N–H and O–H groups in total. The Kier molecular flexibility index (Phi) is 7.67. The lowest BCUT2D eigenvalue weighted by Gasteiger charge is -2.36. The van der Waals surface area contributed by atoms with Gasteiger partial charge in [0.25, 0.3) is 0 Å². The van der Waals surface area contributed by atoms with E-state index in [0.717, 1.165) is 22.6 Å². The largest absolute Gasteiger partial charge is 0.460 e. The van der Waals surface area contributed by atoms with Crippen LogP contribution in [0.15, 0.2) is 35.0 Å². The summed E-state index contributed by atoms with van der Waals surface area (Å²) in [6.07, 6.45) is 4.83. The van der Waals surface area contributed by atoms with Gasteiger partial charge in [0, 0.05) is 9.75 Å². The first-order chi connectivity index (χ1) is 13.9. The molecule has 0 aliphatic heterocycles. The Morgan fingerprint density at radius 2 is 1.93 bits per heavy atom. The molecule has 1 saturated carbocycles. The van der Waals surface area contributed by atoms with E-state index in [1.165, 1.54) is 17.8 Å². The first kappa shape index (κ1) is 21.8. The van der Waals surface area contributed by atoms with E-state index in [9.17, 15) is 9.59 Å². The highest BCUT2D eigenvalue weighted by atomic mass is 32.1. The fraction of sp³-hybridized carbons (Fsp3) is 0.478. The normalized spacial score (nSPS) is 22.5. The molecular formula is C23H28O4S2. The average Bonchev–Trinajstić information content (AvgIpc) is 3.37. The third-order valence-corrected chi connectivity index (χ3v) is 7.12. The van der Waals surface area contributed by atoms with Crippen LogP contribution in [0, 0.1) is 17.8 Å². The van der Waals surface area contributed by atoms with Crippen LogP contribution in [0.25, 0.3) is 11.6 Å². The van der Waals surface area contributed by atoms with Gasteiger partial charge >= 0.3 is 11.9 Å². The minimum atomic E-state index is -0.504. The number of hydrogen-bond donors (Lipinski definition) is 0. The summed E-state index contributed by atoms with van der Waals surface area (Å²) in [5.74, 6) is 0.401. The number of thiophene rings is 2. The van der Waals surface area contributed by atoms with Crippen LogP contribution < -0.4 is 0 Å². The van der Waals surface area contributed by atoms with E-state index in [0.29, 0.717) is 23.3 Å². The Morgan fingerprint density at radius 3 is 2.59 bits per heavy atom. The molecule has 2 aromatic heterocycles. The van der Waals surface area contributed by atoms with Gasteiger partial charge in [-0.3, -0.25) is 0 Å². The van der Waals surface area contributed by atoms with Gasteiger partial charge in [-0.05, 0) is 59.6 Å². The second-order valence-corrected chi connectivity index (χ2v) is 9.91. The van der Waals surface area contributed by atoms with Gasteiger partial charge < -0.3 is 9.47 Å². The standard InChI is InChI=1S/C23H28O4S2/c1-15(2)18-9-8-16(3)12-20(18)27-22(24)14-26-23(25)19(21-7-5-11-29-21)13-17-6-4-10-28-17/h4-7,10-11,13,15-16,18,20H,8-9,12,14H2,1-3H3/b19-13-. The molecule has 3 unspecified atom stereocenters. The van der Waals surface area contributed by atoms with E-state index >= 15 is 0 Å². The van der Waals surface area contributed by atoms with Crippen molar-refractivity contribution < 1.29 is 19.1 Å². The van der Waals surface area contributed by atoms with Crippen molar-refractivity contribution in [1.82, 2.24) is 0 Å². The van der Waals surface area contributed by atoms with Crippen molar-refractivity contribution in [3.8, 4) is 0 Å². The molecule has 0 spiro atoms. The van der Waals surface area contributed by atoms with Crippen LogP contribution in [0.5, 0.6) is 0 Å². The number of ether oxygens (including phenoxy) is 2. The van der Waals surface area contributed by atoms with Crippen LogP contribution in [0.3, 0.4) is 0 Å². The number of rotatable bonds is 7. The summed E-state index contributed by atoms with van der Waals surface area (Å²) in [5, 5.41) is 3.87. The highest BCUT2D eigenvalue weighted by Gasteiger charge is 2.33. The predicted molar refractivity (Wildman–Crippen MR) is 119 cm³/mol. The maximum atomic E-state index is 12.7. The molecule has 3 rings (SSSR count). The third kappa shape index (κ3) is 6.03. The Labute approximate surface area is 180 Å². The monoisotopic (exact) mass is 432 g/mol. The molecule has 1 aliphatic carbocycles. The van der Waals surface area contributed by atoms with E-state index in [2.05, 4.69) is 20.8 Å². The van der Waals surface area contributed by atoms with Gasteiger partial charge in [0.15, 0.2) is 6.61 Å². The van der Waals surface area contributed by atoms with Crippen molar-refractivity contribution in [3.05, 3.63) is 44.8 Å². The van der Waals surface area contributed by atoms with Crippen LogP contribution in [0.4, 0.5) is 0 Å². The van der Waals surface area contributed by atoms with Gasteiger partial charge in [0.1, 0.15) is 6.10 Å². The fourth-order valence-electron chi connectivity index (χ4n) is 3.83. The van der Waals surface area contributed by atoms with Crippen molar-refractivity contribution in [2.24, 2.45) is 17.8 Å². The molecule has 3 atom stereocenters. The summed E-state index contributed by atoms with van der Waals surface area (Å²) in [4.78, 5) is 26.9. The summed E-state index contributed by atoms with van der Waals surface area (Å²) >= 11 is 3.01. The molecule has 4 nitrogen and oxygen atoms in total. The lowest BCUT2D eigenvalue weighted by Crippen LogP contribution is -2.36. The predicted octanol–water partition coefficient (Wildman–Crippen LogP) is 5.90.